The van der Waals surface area contributed by atoms with Gasteiger partial charge in [-0.15, -0.1) is 0 Å². The first-order valence-electron chi connectivity index (χ1n) is 9.48. The summed E-state index contributed by atoms with van der Waals surface area (Å²) in [5.74, 6) is 1.42. The van der Waals surface area contributed by atoms with Crippen LogP contribution < -0.4 is 5.32 Å². The average Bonchev–Trinajstić information content (AvgIpc) is 3.44. The Bertz CT molecular complexity index is 1230. The van der Waals surface area contributed by atoms with Crippen molar-refractivity contribution < 1.29 is 0 Å². The number of thiophene rings is 1. The van der Waals surface area contributed by atoms with Crippen LogP contribution in [-0.2, 0) is 6.42 Å². The zero-order chi connectivity index (χ0) is 19.5. The minimum absolute atomic E-state index is 0.621. The quantitative estimate of drug-likeness (QED) is 0.428. The molecule has 0 aliphatic carbocycles. The molecule has 3 heterocycles. The molecule has 0 atom stereocenters. The minimum atomic E-state index is 0.621. The number of nitrogens with one attached hydrogen (secondary N) is 1. The van der Waals surface area contributed by atoms with Crippen LogP contribution in [0.5, 0.6) is 0 Å². The molecule has 29 heavy (non-hydrogen) atoms. The van der Waals surface area contributed by atoms with Crippen LogP contribution in [0.15, 0.2) is 83.9 Å². The number of hydrogen-bond acceptors (Lipinski definition) is 5. The molecule has 2 aromatic carbocycles. The van der Waals surface area contributed by atoms with Crippen molar-refractivity contribution in [2.24, 2.45) is 0 Å². The van der Waals surface area contributed by atoms with E-state index in [2.05, 4.69) is 79.6 Å². The third kappa shape index (κ3) is 3.75. The maximum atomic E-state index is 4.67. The molecule has 0 spiro atoms. The average molecular weight is 398 g/mol. The SMILES string of the molecule is c1ccc(CCNc2nccc(-n3cnc4cc(-c5ccsc5)ccc43)n2)cc1. The van der Waals surface area contributed by atoms with Crippen LogP contribution in [0.4, 0.5) is 5.95 Å². The molecule has 5 nitrogen and oxygen atoms in total. The third-order valence-electron chi connectivity index (χ3n) is 4.83. The zero-order valence-electron chi connectivity index (χ0n) is 15.7. The van der Waals surface area contributed by atoms with Gasteiger partial charge in [-0.2, -0.15) is 16.3 Å². The summed E-state index contributed by atoms with van der Waals surface area (Å²) in [5.41, 5.74) is 5.66. The van der Waals surface area contributed by atoms with Gasteiger partial charge in [-0.3, -0.25) is 4.57 Å². The number of rotatable bonds is 6. The molecule has 0 radical (unpaired) electrons. The lowest BCUT2D eigenvalue weighted by Gasteiger charge is -2.08. The Balaban J connectivity index is 1.36. The van der Waals surface area contributed by atoms with E-state index in [1.54, 1.807) is 17.5 Å². The number of benzene rings is 2. The molecule has 0 aliphatic heterocycles. The fourth-order valence-corrected chi connectivity index (χ4v) is 4.00. The smallest absolute Gasteiger partial charge is 0.224 e. The summed E-state index contributed by atoms with van der Waals surface area (Å²) >= 11 is 1.70. The molecule has 0 bridgehead atoms. The Morgan fingerprint density at radius 1 is 0.931 bits per heavy atom. The number of hydrogen-bond donors (Lipinski definition) is 1. The fourth-order valence-electron chi connectivity index (χ4n) is 3.34. The molecule has 5 rings (SSSR count). The highest BCUT2D eigenvalue weighted by Crippen LogP contribution is 2.26. The largest absolute Gasteiger partial charge is 0.354 e. The van der Waals surface area contributed by atoms with E-state index in [0.717, 1.165) is 29.8 Å². The van der Waals surface area contributed by atoms with Gasteiger partial charge in [-0.05, 0) is 58.1 Å². The molecule has 0 saturated heterocycles. The molecular weight excluding hydrogens is 378 g/mol. The van der Waals surface area contributed by atoms with E-state index in [1.807, 2.05) is 23.0 Å². The Hall–Kier alpha value is -3.51. The number of aromatic nitrogens is 4. The predicted molar refractivity (Wildman–Crippen MR) is 119 cm³/mol. The summed E-state index contributed by atoms with van der Waals surface area (Å²) in [6, 6.07) is 20.8. The van der Waals surface area contributed by atoms with Crippen molar-refractivity contribution in [2.45, 2.75) is 6.42 Å². The van der Waals surface area contributed by atoms with E-state index in [0.29, 0.717) is 5.95 Å². The molecule has 6 heteroatoms. The van der Waals surface area contributed by atoms with Crippen molar-refractivity contribution in [2.75, 3.05) is 11.9 Å². The van der Waals surface area contributed by atoms with Crippen molar-refractivity contribution in [1.29, 1.82) is 0 Å². The normalized spacial score (nSPS) is 11.0. The van der Waals surface area contributed by atoms with Crippen molar-refractivity contribution >= 4 is 28.3 Å². The minimum Gasteiger partial charge on any atom is -0.354 e. The monoisotopic (exact) mass is 397 g/mol. The van der Waals surface area contributed by atoms with Crippen LogP contribution in [0.3, 0.4) is 0 Å². The first-order valence-corrected chi connectivity index (χ1v) is 10.4. The molecule has 0 unspecified atom stereocenters. The first kappa shape index (κ1) is 17.6. The van der Waals surface area contributed by atoms with Crippen LogP contribution in [0.1, 0.15) is 5.56 Å². The van der Waals surface area contributed by atoms with E-state index in [9.17, 15) is 0 Å². The van der Waals surface area contributed by atoms with Crippen LogP contribution in [0.2, 0.25) is 0 Å². The van der Waals surface area contributed by atoms with E-state index >= 15 is 0 Å². The Morgan fingerprint density at radius 3 is 2.72 bits per heavy atom. The zero-order valence-corrected chi connectivity index (χ0v) is 16.5. The summed E-state index contributed by atoms with van der Waals surface area (Å²) in [4.78, 5) is 13.6. The van der Waals surface area contributed by atoms with Gasteiger partial charge in [0.15, 0.2) is 0 Å². The van der Waals surface area contributed by atoms with Crippen molar-refractivity contribution in [1.82, 2.24) is 19.5 Å². The lowest BCUT2D eigenvalue weighted by molar-refractivity contribution is 0.953. The van der Waals surface area contributed by atoms with Crippen LogP contribution >= 0.6 is 11.3 Å². The highest BCUT2D eigenvalue weighted by atomic mass is 32.1. The number of imidazole rings is 1. The fraction of sp³-hybridized carbons (Fsp3) is 0.0870. The summed E-state index contributed by atoms with van der Waals surface area (Å²) in [6.07, 6.45) is 4.52. The number of nitrogens with zero attached hydrogens (tertiary/aromatic N) is 4. The van der Waals surface area contributed by atoms with Crippen molar-refractivity contribution in [3.63, 3.8) is 0 Å². The third-order valence-corrected chi connectivity index (χ3v) is 5.51. The standard InChI is InChI=1S/C23H19N5S/c1-2-4-17(5-3-1)8-11-24-23-25-12-9-22(27-23)28-16-26-20-14-18(6-7-21(20)28)19-10-13-29-15-19/h1-7,9-10,12-16H,8,11H2,(H,24,25,27). The van der Waals surface area contributed by atoms with E-state index in [4.69, 9.17) is 0 Å². The Labute approximate surface area is 172 Å². The van der Waals surface area contributed by atoms with Crippen LogP contribution in [-0.4, -0.2) is 26.1 Å². The lowest BCUT2D eigenvalue weighted by Crippen LogP contribution is -2.09. The van der Waals surface area contributed by atoms with Gasteiger partial charge in [0.05, 0.1) is 11.0 Å². The van der Waals surface area contributed by atoms with Gasteiger partial charge in [0, 0.05) is 12.7 Å². The van der Waals surface area contributed by atoms with Gasteiger partial charge in [0.2, 0.25) is 5.95 Å². The molecule has 0 amide bonds. The van der Waals surface area contributed by atoms with Gasteiger partial charge >= 0.3 is 0 Å². The van der Waals surface area contributed by atoms with Gasteiger partial charge in [0.1, 0.15) is 12.1 Å². The van der Waals surface area contributed by atoms with Crippen LogP contribution in [0.25, 0.3) is 28.0 Å². The Morgan fingerprint density at radius 2 is 1.86 bits per heavy atom. The predicted octanol–water partition coefficient (Wildman–Crippen LogP) is 5.20. The maximum absolute atomic E-state index is 4.67. The van der Waals surface area contributed by atoms with Crippen LogP contribution in [0, 0.1) is 0 Å². The van der Waals surface area contributed by atoms with Crippen molar-refractivity contribution in [3.8, 4) is 16.9 Å². The lowest BCUT2D eigenvalue weighted by atomic mass is 10.1. The molecule has 3 aromatic heterocycles. The van der Waals surface area contributed by atoms with E-state index < -0.39 is 0 Å². The second kappa shape index (κ2) is 7.85. The maximum Gasteiger partial charge on any atom is 0.224 e. The van der Waals surface area contributed by atoms with Gasteiger partial charge in [-0.25, -0.2) is 9.97 Å². The van der Waals surface area contributed by atoms with E-state index in [-0.39, 0.29) is 0 Å². The van der Waals surface area contributed by atoms with Gasteiger partial charge in [-0.1, -0.05) is 36.4 Å². The molecule has 5 aromatic rings. The Kier molecular flexibility index (Phi) is 4.76. The second-order valence-electron chi connectivity index (χ2n) is 6.73. The second-order valence-corrected chi connectivity index (χ2v) is 7.51. The molecule has 1 N–H and O–H groups in total. The highest BCUT2D eigenvalue weighted by molar-refractivity contribution is 7.08. The first-order chi connectivity index (χ1) is 14.4. The van der Waals surface area contributed by atoms with Crippen molar-refractivity contribution in [3.05, 3.63) is 89.5 Å². The van der Waals surface area contributed by atoms with Gasteiger partial charge < -0.3 is 5.32 Å². The molecule has 0 saturated carbocycles. The topological polar surface area (TPSA) is 55.6 Å². The molecule has 142 valence electrons. The summed E-state index contributed by atoms with van der Waals surface area (Å²) in [6.45, 7) is 0.780. The number of anilines is 1. The molecule has 0 fully saturated rings. The summed E-state index contributed by atoms with van der Waals surface area (Å²) in [5, 5.41) is 7.55. The summed E-state index contributed by atoms with van der Waals surface area (Å²) in [7, 11) is 0. The van der Waals surface area contributed by atoms with E-state index in [1.165, 1.54) is 16.7 Å². The summed E-state index contributed by atoms with van der Waals surface area (Å²) < 4.78 is 2.00. The molecular formula is C23H19N5S. The number of fused-ring (bicyclic) bond motifs is 1. The molecule has 0 aliphatic rings. The highest BCUT2D eigenvalue weighted by Gasteiger charge is 2.09. The van der Waals surface area contributed by atoms with Gasteiger partial charge in [0.25, 0.3) is 0 Å².